The van der Waals surface area contributed by atoms with Gasteiger partial charge in [-0.25, -0.2) is 9.97 Å². The predicted octanol–water partition coefficient (Wildman–Crippen LogP) is 3.25. The van der Waals surface area contributed by atoms with Crippen molar-refractivity contribution >= 4 is 27.4 Å². The summed E-state index contributed by atoms with van der Waals surface area (Å²) >= 11 is 1.65. The highest BCUT2D eigenvalue weighted by atomic mass is 32.1. The Bertz CT molecular complexity index is 478. The number of hydrogen-bond donors (Lipinski definition) is 1. The quantitative estimate of drug-likeness (QED) is 0.885. The summed E-state index contributed by atoms with van der Waals surface area (Å²) in [6.45, 7) is 4.52. The van der Waals surface area contributed by atoms with Gasteiger partial charge in [0.05, 0.1) is 10.2 Å². The third kappa shape index (κ3) is 2.16. The first kappa shape index (κ1) is 11.3. The van der Waals surface area contributed by atoms with Crippen LogP contribution in [0, 0.1) is 5.92 Å². The van der Waals surface area contributed by atoms with Gasteiger partial charge in [-0.05, 0) is 29.7 Å². The number of nitrogen functional groups attached to an aromatic ring is 1. The third-order valence-corrected chi connectivity index (χ3v) is 4.10. The molecule has 0 radical (unpaired) electrons. The maximum Gasteiger partial charge on any atom is 0.144 e. The number of fused-ring (bicyclic) bond motifs is 1. The Labute approximate surface area is 99.7 Å². The van der Waals surface area contributed by atoms with E-state index in [4.69, 9.17) is 5.73 Å². The van der Waals surface area contributed by atoms with Gasteiger partial charge in [0.1, 0.15) is 12.1 Å². The second kappa shape index (κ2) is 4.78. The van der Waals surface area contributed by atoms with Gasteiger partial charge in [0.2, 0.25) is 0 Å². The Balaban J connectivity index is 2.22. The summed E-state index contributed by atoms with van der Waals surface area (Å²) in [5.41, 5.74) is 8.17. The molecule has 0 aliphatic heterocycles. The number of nitrogens with two attached hydrogens (primary N) is 1. The van der Waals surface area contributed by atoms with E-state index >= 15 is 0 Å². The van der Waals surface area contributed by atoms with Crippen molar-refractivity contribution in [1.82, 2.24) is 9.97 Å². The Morgan fingerprint density at radius 1 is 1.44 bits per heavy atom. The second-order valence-corrected chi connectivity index (χ2v) is 5.13. The zero-order chi connectivity index (χ0) is 11.5. The molecule has 0 saturated carbocycles. The molecule has 0 spiro atoms. The number of hydrogen-bond acceptors (Lipinski definition) is 4. The van der Waals surface area contributed by atoms with Crippen molar-refractivity contribution < 1.29 is 0 Å². The number of nitrogens with zero attached hydrogens (tertiary/aromatic N) is 2. The molecule has 4 heteroatoms. The van der Waals surface area contributed by atoms with Crippen molar-refractivity contribution in [3.05, 3.63) is 17.3 Å². The van der Waals surface area contributed by atoms with Gasteiger partial charge < -0.3 is 5.73 Å². The SMILES string of the molecule is CCC(C)CCc1csc2c(N)ncnc12. The molecule has 0 saturated heterocycles. The number of anilines is 1. The topological polar surface area (TPSA) is 51.8 Å². The molecular formula is C12H17N3S. The molecule has 2 rings (SSSR count). The van der Waals surface area contributed by atoms with Crippen LogP contribution in [0.3, 0.4) is 0 Å². The van der Waals surface area contributed by atoms with Crippen LogP contribution in [0.25, 0.3) is 10.2 Å². The van der Waals surface area contributed by atoms with Crippen LogP contribution in [-0.2, 0) is 6.42 Å². The predicted molar refractivity (Wildman–Crippen MR) is 69.6 cm³/mol. The first-order valence-electron chi connectivity index (χ1n) is 5.69. The van der Waals surface area contributed by atoms with E-state index in [1.807, 2.05) is 0 Å². The summed E-state index contributed by atoms with van der Waals surface area (Å²) in [6.07, 6.45) is 5.09. The molecule has 0 fully saturated rings. The second-order valence-electron chi connectivity index (χ2n) is 4.25. The van der Waals surface area contributed by atoms with Crippen LogP contribution >= 0.6 is 11.3 Å². The van der Waals surface area contributed by atoms with Crippen molar-refractivity contribution in [2.24, 2.45) is 5.92 Å². The average molecular weight is 235 g/mol. The summed E-state index contributed by atoms with van der Waals surface area (Å²) in [4.78, 5) is 8.33. The van der Waals surface area contributed by atoms with Crippen LogP contribution in [0.1, 0.15) is 32.3 Å². The highest BCUT2D eigenvalue weighted by Crippen LogP contribution is 2.28. The Morgan fingerprint density at radius 2 is 2.25 bits per heavy atom. The van der Waals surface area contributed by atoms with E-state index in [0.29, 0.717) is 5.82 Å². The molecule has 3 nitrogen and oxygen atoms in total. The van der Waals surface area contributed by atoms with E-state index in [1.165, 1.54) is 18.4 Å². The summed E-state index contributed by atoms with van der Waals surface area (Å²) in [5, 5.41) is 2.16. The standard InChI is InChI=1S/C12H17N3S/c1-3-8(2)4-5-9-6-16-11-10(9)14-7-15-12(11)13/h6-8H,3-5H2,1-2H3,(H2,13,14,15). The van der Waals surface area contributed by atoms with E-state index in [1.54, 1.807) is 17.7 Å². The van der Waals surface area contributed by atoms with E-state index in [2.05, 4.69) is 29.2 Å². The van der Waals surface area contributed by atoms with E-state index in [0.717, 1.165) is 22.6 Å². The number of aromatic nitrogens is 2. The Kier molecular flexibility index (Phi) is 3.39. The summed E-state index contributed by atoms with van der Waals surface area (Å²) in [5.74, 6) is 1.37. The normalized spacial score (nSPS) is 13.1. The van der Waals surface area contributed by atoms with E-state index in [-0.39, 0.29) is 0 Å². The molecule has 0 bridgehead atoms. The molecule has 2 aromatic rings. The van der Waals surface area contributed by atoms with Gasteiger partial charge in [-0.15, -0.1) is 11.3 Å². The first-order chi connectivity index (χ1) is 7.72. The Hall–Kier alpha value is -1.16. The highest BCUT2D eigenvalue weighted by Gasteiger charge is 2.09. The molecule has 2 aromatic heterocycles. The van der Waals surface area contributed by atoms with E-state index < -0.39 is 0 Å². The third-order valence-electron chi connectivity index (χ3n) is 3.06. The maximum atomic E-state index is 5.81. The fourth-order valence-corrected chi connectivity index (χ4v) is 2.66. The molecule has 1 unspecified atom stereocenters. The molecule has 2 N–H and O–H groups in total. The molecule has 1 atom stereocenters. The molecule has 0 aliphatic carbocycles. The molecule has 0 aliphatic rings. The molecule has 0 aromatic carbocycles. The first-order valence-corrected chi connectivity index (χ1v) is 6.56. The number of aryl methyl sites for hydroxylation is 1. The fourth-order valence-electron chi connectivity index (χ4n) is 1.70. The zero-order valence-electron chi connectivity index (χ0n) is 9.73. The minimum atomic E-state index is 0.602. The summed E-state index contributed by atoms with van der Waals surface area (Å²) < 4.78 is 1.03. The van der Waals surface area contributed by atoms with Crippen LogP contribution in [0.15, 0.2) is 11.7 Å². The molecular weight excluding hydrogens is 218 g/mol. The van der Waals surface area contributed by atoms with Crippen LogP contribution in [-0.4, -0.2) is 9.97 Å². The van der Waals surface area contributed by atoms with Crippen molar-refractivity contribution in [2.45, 2.75) is 33.1 Å². The smallest absolute Gasteiger partial charge is 0.144 e. The monoisotopic (exact) mass is 235 g/mol. The van der Waals surface area contributed by atoms with Gasteiger partial charge in [0.25, 0.3) is 0 Å². The fraction of sp³-hybridized carbons (Fsp3) is 0.500. The molecule has 2 heterocycles. The van der Waals surface area contributed by atoms with Gasteiger partial charge in [-0.2, -0.15) is 0 Å². The summed E-state index contributed by atoms with van der Waals surface area (Å²) in [6, 6.07) is 0. The van der Waals surface area contributed by atoms with Gasteiger partial charge in [-0.1, -0.05) is 20.3 Å². The number of thiophene rings is 1. The minimum absolute atomic E-state index is 0.602. The average Bonchev–Trinajstić information content (AvgIpc) is 2.70. The van der Waals surface area contributed by atoms with Crippen LogP contribution in [0.4, 0.5) is 5.82 Å². The molecule has 16 heavy (non-hydrogen) atoms. The lowest BCUT2D eigenvalue weighted by atomic mass is 10.00. The van der Waals surface area contributed by atoms with Gasteiger partial charge in [-0.3, -0.25) is 0 Å². The van der Waals surface area contributed by atoms with Crippen molar-refractivity contribution in [1.29, 1.82) is 0 Å². The van der Waals surface area contributed by atoms with Crippen LogP contribution in [0.5, 0.6) is 0 Å². The zero-order valence-corrected chi connectivity index (χ0v) is 10.5. The van der Waals surface area contributed by atoms with Gasteiger partial charge >= 0.3 is 0 Å². The Morgan fingerprint density at radius 3 is 3.00 bits per heavy atom. The van der Waals surface area contributed by atoms with Crippen LogP contribution in [0.2, 0.25) is 0 Å². The lowest BCUT2D eigenvalue weighted by molar-refractivity contribution is 0.517. The molecule has 0 amide bonds. The van der Waals surface area contributed by atoms with Crippen molar-refractivity contribution in [2.75, 3.05) is 5.73 Å². The summed E-state index contributed by atoms with van der Waals surface area (Å²) in [7, 11) is 0. The maximum absolute atomic E-state index is 5.81. The van der Waals surface area contributed by atoms with Crippen molar-refractivity contribution in [3.8, 4) is 0 Å². The minimum Gasteiger partial charge on any atom is -0.382 e. The van der Waals surface area contributed by atoms with Crippen LogP contribution < -0.4 is 5.73 Å². The highest BCUT2D eigenvalue weighted by molar-refractivity contribution is 7.17. The van der Waals surface area contributed by atoms with E-state index in [9.17, 15) is 0 Å². The van der Waals surface area contributed by atoms with Crippen molar-refractivity contribution in [3.63, 3.8) is 0 Å². The lowest BCUT2D eigenvalue weighted by Crippen LogP contribution is -1.96. The van der Waals surface area contributed by atoms with Gasteiger partial charge in [0.15, 0.2) is 0 Å². The number of rotatable bonds is 4. The molecule has 86 valence electrons. The van der Waals surface area contributed by atoms with Gasteiger partial charge in [0, 0.05) is 0 Å². The lowest BCUT2D eigenvalue weighted by Gasteiger charge is -2.06. The largest absolute Gasteiger partial charge is 0.382 e.